The Morgan fingerprint density at radius 1 is 1.50 bits per heavy atom. The lowest BCUT2D eigenvalue weighted by Crippen LogP contribution is -2.31. The first-order chi connectivity index (χ1) is 6.55. The lowest BCUT2D eigenvalue weighted by molar-refractivity contribution is 0.509. The second-order valence-electron chi connectivity index (χ2n) is 4.09. The smallest absolute Gasteiger partial charge is 0.145 e. The molecule has 1 rings (SSSR count). The van der Waals surface area contributed by atoms with Crippen LogP contribution >= 0.6 is 11.6 Å². The van der Waals surface area contributed by atoms with Crippen molar-refractivity contribution in [3.8, 4) is 0 Å². The molecule has 78 valence electrons. The fourth-order valence-electron chi connectivity index (χ4n) is 1.49. The lowest BCUT2D eigenvalue weighted by atomic mass is 9.99. The highest BCUT2D eigenvalue weighted by atomic mass is 35.5. The summed E-state index contributed by atoms with van der Waals surface area (Å²) in [6.07, 6.45) is 3.99. The van der Waals surface area contributed by atoms with Crippen LogP contribution in [-0.2, 0) is 0 Å². The molecule has 0 saturated carbocycles. The van der Waals surface area contributed by atoms with E-state index >= 15 is 0 Å². The van der Waals surface area contributed by atoms with Gasteiger partial charge in [-0.05, 0) is 32.4 Å². The number of aromatic nitrogens is 1. The monoisotopic (exact) mass is 212 g/mol. The quantitative estimate of drug-likeness (QED) is 0.823. The van der Waals surface area contributed by atoms with Gasteiger partial charge in [-0.3, -0.25) is 0 Å². The van der Waals surface area contributed by atoms with E-state index in [0.29, 0.717) is 5.02 Å². The van der Waals surface area contributed by atoms with Gasteiger partial charge in [0.05, 0.1) is 5.02 Å². The molecule has 0 aliphatic heterocycles. The van der Waals surface area contributed by atoms with Crippen molar-refractivity contribution in [2.75, 3.05) is 5.32 Å². The number of pyridine rings is 1. The second-order valence-corrected chi connectivity index (χ2v) is 4.50. The molecule has 0 unspecified atom stereocenters. The first-order valence-corrected chi connectivity index (χ1v) is 5.31. The van der Waals surface area contributed by atoms with Gasteiger partial charge in [-0.2, -0.15) is 0 Å². The molecule has 14 heavy (non-hydrogen) atoms. The highest BCUT2D eigenvalue weighted by Crippen LogP contribution is 2.23. The summed E-state index contributed by atoms with van der Waals surface area (Å²) in [5.74, 6) is 0.771. The van der Waals surface area contributed by atoms with Crippen molar-refractivity contribution < 1.29 is 0 Å². The number of hydrogen-bond donors (Lipinski definition) is 1. The van der Waals surface area contributed by atoms with Crippen molar-refractivity contribution in [1.29, 1.82) is 0 Å². The summed E-state index contributed by atoms with van der Waals surface area (Å²) in [5, 5.41) is 4.02. The maximum absolute atomic E-state index is 6.01. The molecule has 0 aliphatic rings. The topological polar surface area (TPSA) is 24.9 Å². The molecule has 1 aromatic rings. The van der Waals surface area contributed by atoms with Crippen LogP contribution in [0.4, 0.5) is 5.82 Å². The van der Waals surface area contributed by atoms with Crippen LogP contribution in [0.5, 0.6) is 0 Å². The Morgan fingerprint density at radius 3 is 2.79 bits per heavy atom. The van der Waals surface area contributed by atoms with Crippen LogP contribution in [0.2, 0.25) is 5.02 Å². The average Bonchev–Trinajstić information content (AvgIpc) is 2.08. The first-order valence-electron chi connectivity index (χ1n) is 4.94. The predicted octanol–water partition coefficient (Wildman–Crippen LogP) is 3.73. The molecular weight excluding hydrogens is 196 g/mol. The van der Waals surface area contributed by atoms with E-state index in [9.17, 15) is 0 Å². The molecule has 0 aromatic carbocycles. The van der Waals surface area contributed by atoms with Crippen LogP contribution < -0.4 is 5.32 Å². The summed E-state index contributed by atoms with van der Waals surface area (Å²) in [6.45, 7) is 6.48. The van der Waals surface area contributed by atoms with Gasteiger partial charge in [0.1, 0.15) is 5.82 Å². The number of hydrogen-bond acceptors (Lipinski definition) is 2. The fourth-order valence-corrected chi connectivity index (χ4v) is 1.65. The number of anilines is 1. The summed E-state index contributed by atoms with van der Waals surface area (Å²) in [7, 11) is 0. The zero-order chi connectivity index (χ0) is 10.6. The van der Waals surface area contributed by atoms with Gasteiger partial charge in [-0.15, -0.1) is 0 Å². The Bertz CT molecular complexity index is 297. The third-order valence-corrected chi connectivity index (χ3v) is 2.40. The number of halogens is 1. The van der Waals surface area contributed by atoms with Crippen molar-refractivity contribution >= 4 is 17.4 Å². The minimum Gasteiger partial charge on any atom is -0.364 e. The maximum atomic E-state index is 6.01. The Hall–Kier alpha value is -0.760. The standard InChI is InChI=1S/C11H17ClN2/c1-4-7-11(2,3)14-10-9(12)6-5-8-13-10/h5-6,8H,4,7H2,1-3H3,(H,13,14). The Kier molecular flexibility index (Phi) is 3.76. The van der Waals surface area contributed by atoms with Crippen molar-refractivity contribution in [2.24, 2.45) is 0 Å². The van der Waals surface area contributed by atoms with Gasteiger partial charge >= 0.3 is 0 Å². The predicted molar refractivity (Wildman–Crippen MR) is 61.9 cm³/mol. The largest absolute Gasteiger partial charge is 0.364 e. The lowest BCUT2D eigenvalue weighted by Gasteiger charge is -2.26. The minimum atomic E-state index is 0.0484. The van der Waals surface area contributed by atoms with Crippen LogP contribution in [0.15, 0.2) is 18.3 Å². The Morgan fingerprint density at radius 2 is 2.21 bits per heavy atom. The molecule has 0 fully saturated rings. The third-order valence-electron chi connectivity index (χ3n) is 2.09. The molecular formula is C11H17ClN2. The molecule has 0 spiro atoms. The van der Waals surface area contributed by atoms with Crippen molar-refractivity contribution in [1.82, 2.24) is 4.98 Å². The maximum Gasteiger partial charge on any atom is 0.145 e. The van der Waals surface area contributed by atoms with E-state index in [1.807, 2.05) is 12.1 Å². The summed E-state index contributed by atoms with van der Waals surface area (Å²) in [4.78, 5) is 4.20. The van der Waals surface area contributed by atoms with Gasteiger partial charge in [0, 0.05) is 11.7 Å². The summed E-state index contributed by atoms with van der Waals surface area (Å²) in [6, 6.07) is 3.68. The van der Waals surface area contributed by atoms with E-state index in [-0.39, 0.29) is 5.54 Å². The highest BCUT2D eigenvalue weighted by Gasteiger charge is 2.17. The molecule has 0 radical (unpaired) electrons. The molecule has 0 atom stereocenters. The van der Waals surface area contributed by atoms with Crippen LogP contribution in [0.1, 0.15) is 33.6 Å². The zero-order valence-corrected chi connectivity index (χ0v) is 9.73. The molecule has 1 aromatic heterocycles. The average molecular weight is 213 g/mol. The fraction of sp³-hybridized carbons (Fsp3) is 0.545. The van der Waals surface area contributed by atoms with E-state index < -0.39 is 0 Å². The highest BCUT2D eigenvalue weighted by molar-refractivity contribution is 6.32. The Balaban J connectivity index is 2.73. The normalized spacial score (nSPS) is 11.4. The minimum absolute atomic E-state index is 0.0484. The number of rotatable bonds is 4. The van der Waals surface area contributed by atoms with Crippen LogP contribution in [0, 0.1) is 0 Å². The third kappa shape index (κ3) is 3.18. The zero-order valence-electron chi connectivity index (χ0n) is 8.97. The molecule has 1 N–H and O–H groups in total. The molecule has 2 nitrogen and oxygen atoms in total. The van der Waals surface area contributed by atoms with Crippen molar-refractivity contribution in [2.45, 2.75) is 39.2 Å². The SMILES string of the molecule is CCCC(C)(C)Nc1ncccc1Cl. The van der Waals surface area contributed by atoms with Gasteiger partial charge in [-0.1, -0.05) is 24.9 Å². The van der Waals surface area contributed by atoms with Crippen LogP contribution in [0.25, 0.3) is 0 Å². The van der Waals surface area contributed by atoms with E-state index in [1.165, 1.54) is 0 Å². The molecule has 0 bridgehead atoms. The molecule has 1 heterocycles. The summed E-state index contributed by atoms with van der Waals surface area (Å²) in [5.41, 5.74) is 0.0484. The molecule has 0 amide bonds. The van der Waals surface area contributed by atoms with E-state index in [1.54, 1.807) is 6.20 Å². The number of nitrogens with zero attached hydrogens (tertiary/aromatic N) is 1. The first kappa shape index (κ1) is 11.3. The molecule has 0 aliphatic carbocycles. The van der Waals surface area contributed by atoms with Crippen molar-refractivity contribution in [3.63, 3.8) is 0 Å². The van der Waals surface area contributed by atoms with Gasteiger partial charge in [0.2, 0.25) is 0 Å². The Labute approximate surface area is 90.7 Å². The molecule has 0 saturated heterocycles. The van der Waals surface area contributed by atoms with Crippen LogP contribution in [-0.4, -0.2) is 10.5 Å². The van der Waals surface area contributed by atoms with Gasteiger partial charge in [0.25, 0.3) is 0 Å². The van der Waals surface area contributed by atoms with Gasteiger partial charge < -0.3 is 5.32 Å². The van der Waals surface area contributed by atoms with E-state index in [4.69, 9.17) is 11.6 Å². The van der Waals surface area contributed by atoms with Crippen LogP contribution in [0.3, 0.4) is 0 Å². The van der Waals surface area contributed by atoms with Crippen molar-refractivity contribution in [3.05, 3.63) is 23.4 Å². The molecule has 3 heteroatoms. The summed E-state index contributed by atoms with van der Waals surface area (Å²) >= 11 is 6.01. The second kappa shape index (κ2) is 4.65. The van der Waals surface area contributed by atoms with E-state index in [2.05, 4.69) is 31.1 Å². The van der Waals surface area contributed by atoms with E-state index in [0.717, 1.165) is 18.7 Å². The van der Waals surface area contributed by atoms with Gasteiger partial charge in [-0.25, -0.2) is 4.98 Å². The number of nitrogens with one attached hydrogen (secondary N) is 1. The summed E-state index contributed by atoms with van der Waals surface area (Å²) < 4.78 is 0. The van der Waals surface area contributed by atoms with Gasteiger partial charge in [0.15, 0.2) is 0 Å².